The third-order valence-electron chi connectivity index (χ3n) is 4.43. The van der Waals surface area contributed by atoms with Gasteiger partial charge in [-0.1, -0.05) is 50.3 Å². The number of benzene rings is 1. The van der Waals surface area contributed by atoms with Gasteiger partial charge in [-0.3, -0.25) is 4.79 Å². The third kappa shape index (κ3) is 5.07. The predicted octanol–water partition coefficient (Wildman–Crippen LogP) is 4.19. The van der Waals surface area contributed by atoms with E-state index in [1.807, 2.05) is 13.1 Å². The lowest BCUT2D eigenvalue weighted by Crippen LogP contribution is -2.25. The maximum absolute atomic E-state index is 11.4. The lowest BCUT2D eigenvalue weighted by Gasteiger charge is -2.25. The summed E-state index contributed by atoms with van der Waals surface area (Å²) >= 11 is 0. The lowest BCUT2D eigenvalue weighted by molar-refractivity contribution is -0.128. The van der Waals surface area contributed by atoms with Crippen LogP contribution >= 0.6 is 0 Å². The minimum atomic E-state index is 0.107. The van der Waals surface area contributed by atoms with Gasteiger partial charge >= 0.3 is 0 Å². The average Bonchev–Trinajstić information content (AvgIpc) is 2.43. The van der Waals surface area contributed by atoms with Crippen molar-refractivity contribution < 1.29 is 4.79 Å². The summed E-state index contributed by atoms with van der Waals surface area (Å²) in [4.78, 5) is 13.2. The molecule has 0 aliphatic heterocycles. The maximum Gasteiger partial charge on any atom is 0.219 e. The van der Waals surface area contributed by atoms with Gasteiger partial charge in [0.1, 0.15) is 0 Å². The zero-order chi connectivity index (χ0) is 15.1. The Labute approximate surface area is 128 Å². The Hall–Kier alpha value is -1.51. The Morgan fingerprint density at radius 2 is 1.76 bits per heavy atom. The van der Waals surface area contributed by atoms with Crippen LogP contribution in [0.15, 0.2) is 24.3 Å². The van der Waals surface area contributed by atoms with Gasteiger partial charge in [-0.2, -0.15) is 0 Å². The highest BCUT2D eigenvalue weighted by molar-refractivity contribution is 5.73. The number of nitrogens with one attached hydrogen (secondary N) is 1. The molecule has 0 heterocycles. The second kappa shape index (κ2) is 8.06. The second-order valence-electron chi connectivity index (χ2n) is 6.22. The molecule has 21 heavy (non-hydrogen) atoms. The molecule has 0 saturated heterocycles. The summed E-state index contributed by atoms with van der Waals surface area (Å²) < 4.78 is 0. The highest BCUT2D eigenvalue weighted by atomic mass is 16.2. The molecular formula is C18H28N2O. The summed E-state index contributed by atoms with van der Waals surface area (Å²) in [5.41, 5.74) is 2.40. The number of nitrogens with zero attached hydrogens (tertiary/aromatic N) is 1. The van der Waals surface area contributed by atoms with Gasteiger partial charge in [0.15, 0.2) is 0 Å². The number of rotatable bonds is 4. The first-order chi connectivity index (χ1) is 10.2. The minimum Gasteiger partial charge on any atom is -0.382 e. The van der Waals surface area contributed by atoms with Gasteiger partial charge in [-0.05, 0) is 24.5 Å². The molecule has 1 aliphatic carbocycles. The molecule has 0 atom stereocenters. The first-order valence-electron chi connectivity index (χ1n) is 8.23. The molecule has 116 valence electrons. The summed E-state index contributed by atoms with van der Waals surface area (Å²) in [7, 11) is 1.86. The second-order valence-corrected chi connectivity index (χ2v) is 6.22. The van der Waals surface area contributed by atoms with E-state index >= 15 is 0 Å². The van der Waals surface area contributed by atoms with Crippen molar-refractivity contribution in [2.45, 2.75) is 64.5 Å². The molecule has 1 N–H and O–H groups in total. The van der Waals surface area contributed by atoms with Gasteiger partial charge in [0, 0.05) is 32.2 Å². The van der Waals surface area contributed by atoms with Crippen LogP contribution in [0.4, 0.5) is 5.69 Å². The van der Waals surface area contributed by atoms with E-state index in [-0.39, 0.29) is 5.91 Å². The molecule has 2 rings (SSSR count). The zero-order valence-corrected chi connectivity index (χ0v) is 13.4. The van der Waals surface area contributed by atoms with Crippen molar-refractivity contribution in [2.75, 3.05) is 12.4 Å². The molecule has 1 saturated carbocycles. The predicted molar refractivity (Wildman–Crippen MR) is 88.3 cm³/mol. The molecule has 0 aromatic heterocycles. The van der Waals surface area contributed by atoms with Gasteiger partial charge < -0.3 is 10.2 Å². The Bertz CT molecular complexity index is 450. The van der Waals surface area contributed by atoms with Crippen LogP contribution in [-0.2, 0) is 11.3 Å². The van der Waals surface area contributed by atoms with E-state index in [0.717, 1.165) is 0 Å². The summed E-state index contributed by atoms with van der Waals surface area (Å²) in [5, 5.41) is 3.72. The molecule has 3 heteroatoms. The summed E-state index contributed by atoms with van der Waals surface area (Å²) in [5.74, 6) is 0.107. The van der Waals surface area contributed by atoms with Crippen molar-refractivity contribution in [1.82, 2.24) is 4.90 Å². The molecule has 1 aliphatic rings. The van der Waals surface area contributed by atoms with Crippen molar-refractivity contribution in [2.24, 2.45) is 0 Å². The van der Waals surface area contributed by atoms with Crippen LogP contribution in [0.2, 0.25) is 0 Å². The van der Waals surface area contributed by atoms with Crippen molar-refractivity contribution >= 4 is 11.6 Å². The van der Waals surface area contributed by atoms with Crippen molar-refractivity contribution in [3.05, 3.63) is 29.8 Å². The Morgan fingerprint density at radius 1 is 1.14 bits per heavy atom. The molecule has 1 aromatic carbocycles. The third-order valence-corrected chi connectivity index (χ3v) is 4.43. The Kier molecular flexibility index (Phi) is 6.09. The van der Waals surface area contributed by atoms with E-state index in [4.69, 9.17) is 0 Å². The molecular weight excluding hydrogens is 260 g/mol. The van der Waals surface area contributed by atoms with Crippen molar-refractivity contribution in [1.29, 1.82) is 0 Å². The van der Waals surface area contributed by atoms with Crippen LogP contribution in [0.3, 0.4) is 0 Å². The van der Waals surface area contributed by atoms with E-state index in [0.29, 0.717) is 12.6 Å². The van der Waals surface area contributed by atoms with E-state index < -0.39 is 0 Å². The van der Waals surface area contributed by atoms with Crippen molar-refractivity contribution in [3.63, 3.8) is 0 Å². The summed E-state index contributed by atoms with van der Waals surface area (Å²) in [6, 6.07) is 8.95. The molecule has 0 unspecified atom stereocenters. The molecule has 1 fully saturated rings. The molecule has 0 bridgehead atoms. The van der Waals surface area contributed by atoms with Crippen LogP contribution < -0.4 is 5.32 Å². The van der Waals surface area contributed by atoms with Crippen LogP contribution in [0.5, 0.6) is 0 Å². The Balaban J connectivity index is 2.02. The van der Waals surface area contributed by atoms with Crippen LogP contribution in [0.25, 0.3) is 0 Å². The molecule has 0 spiro atoms. The monoisotopic (exact) mass is 288 g/mol. The number of para-hydroxylation sites is 1. The molecule has 3 nitrogen and oxygen atoms in total. The number of hydrogen-bond donors (Lipinski definition) is 1. The normalized spacial score (nSPS) is 16.9. The highest BCUT2D eigenvalue weighted by Gasteiger charge is 2.13. The van der Waals surface area contributed by atoms with Gasteiger partial charge in [0.25, 0.3) is 0 Å². The largest absolute Gasteiger partial charge is 0.382 e. The van der Waals surface area contributed by atoms with E-state index in [9.17, 15) is 4.79 Å². The fraction of sp³-hybridized carbons (Fsp3) is 0.611. The minimum absolute atomic E-state index is 0.107. The van der Waals surface area contributed by atoms with Crippen LogP contribution in [-0.4, -0.2) is 23.9 Å². The van der Waals surface area contributed by atoms with E-state index in [1.165, 1.54) is 56.2 Å². The fourth-order valence-electron chi connectivity index (χ4n) is 2.99. The van der Waals surface area contributed by atoms with Gasteiger partial charge in [0.2, 0.25) is 5.91 Å². The fourth-order valence-corrected chi connectivity index (χ4v) is 2.99. The van der Waals surface area contributed by atoms with Crippen molar-refractivity contribution in [3.8, 4) is 0 Å². The Morgan fingerprint density at radius 3 is 2.43 bits per heavy atom. The molecule has 0 radical (unpaired) electrons. The smallest absolute Gasteiger partial charge is 0.219 e. The van der Waals surface area contributed by atoms with Gasteiger partial charge in [0.05, 0.1) is 0 Å². The standard InChI is InChI=1S/C18H28N2O/c1-15(21)20(2)14-16-10-8-9-13-18(16)19-17-11-6-4-3-5-7-12-17/h8-10,13,17,19H,3-7,11-12,14H2,1-2H3. The quantitative estimate of drug-likeness (QED) is 0.901. The summed E-state index contributed by atoms with van der Waals surface area (Å²) in [6.45, 7) is 2.29. The van der Waals surface area contributed by atoms with Gasteiger partial charge in [-0.15, -0.1) is 0 Å². The van der Waals surface area contributed by atoms with Crippen LogP contribution in [0.1, 0.15) is 57.4 Å². The number of hydrogen-bond acceptors (Lipinski definition) is 2. The first kappa shape index (κ1) is 15.9. The number of carbonyl (C=O) groups excluding carboxylic acids is 1. The van der Waals surface area contributed by atoms with E-state index in [1.54, 1.807) is 11.8 Å². The van der Waals surface area contributed by atoms with E-state index in [2.05, 4.69) is 23.5 Å². The topological polar surface area (TPSA) is 32.3 Å². The SMILES string of the molecule is CC(=O)N(C)Cc1ccccc1NC1CCCCCCC1. The number of amides is 1. The molecule has 1 amide bonds. The highest BCUT2D eigenvalue weighted by Crippen LogP contribution is 2.23. The average molecular weight is 288 g/mol. The number of anilines is 1. The summed E-state index contributed by atoms with van der Waals surface area (Å²) in [6.07, 6.45) is 9.31. The maximum atomic E-state index is 11.4. The number of carbonyl (C=O) groups is 1. The molecule has 1 aromatic rings. The van der Waals surface area contributed by atoms with Gasteiger partial charge in [-0.25, -0.2) is 0 Å². The lowest BCUT2D eigenvalue weighted by atomic mass is 9.96. The first-order valence-corrected chi connectivity index (χ1v) is 8.23. The zero-order valence-electron chi connectivity index (χ0n) is 13.4. The van der Waals surface area contributed by atoms with Crippen LogP contribution in [0, 0.1) is 0 Å².